The van der Waals surface area contributed by atoms with Crippen molar-refractivity contribution < 1.29 is 14.7 Å². The van der Waals surface area contributed by atoms with Crippen LogP contribution in [-0.4, -0.2) is 17.1 Å². The van der Waals surface area contributed by atoms with E-state index in [9.17, 15) is 9.59 Å². The second kappa shape index (κ2) is 4.52. The minimum Gasteiger partial charge on any atom is -0.465 e. The molecule has 0 spiro atoms. The lowest BCUT2D eigenvalue weighted by atomic mass is 10.1. The van der Waals surface area contributed by atoms with Crippen molar-refractivity contribution >= 4 is 12.0 Å². The van der Waals surface area contributed by atoms with Gasteiger partial charge in [0.1, 0.15) is 11.6 Å². The van der Waals surface area contributed by atoms with E-state index in [1.54, 1.807) is 12.9 Å². The van der Waals surface area contributed by atoms with Crippen molar-refractivity contribution in [1.29, 1.82) is 0 Å². The fraction of sp³-hybridized carbons (Fsp3) is 0.571. The summed E-state index contributed by atoms with van der Waals surface area (Å²) in [5.41, 5.74) is 0.0972. The third-order valence-electron chi connectivity index (χ3n) is 1.46. The Kier molecular flexibility index (Phi) is 4.00. The summed E-state index contributed by atoms with van der Waals surface area (Å²) in [5, 5.41) is 10.2. The van der Waals surface area contributed by atoms with Crippen molar-refractivity contribution in [2.24, 2.45) is 5.92 Å². The van der Waals surface area contributed by atoms with Crippen LogP contribution >= 0.6 is 0 Å². The third-order valence-corrected chi connectivity index (χ3v) is 1.46. The summed E-state index contributed by atoms with van der Waals surface area (Å²) in [6.45, 7) is 3.63. The molecular formula is C7H11NO3. The normalized spacial score (nSPS) is 11.5. The Morgan fingerprint density at radius 1 is 1.73 bits per heavy atom. The van der Waals surface area contributed by atoms with Crippen LogP contribution in [0, 0.1) is 5.92 Å². The van der Waals surface area contributed by atoms with E-state index < -0.39 is 6.09 Å². The predicted molar refractivity (Wildman–Crippen MR) is 39.8 cm³/mol. The van der Waals surface area contributed by atoms with E-state index in [1.165, 1.54) is 0 Å². The molecule has 0 aromatic rings. The van der Waals surface area contributed by atoms with Crippen molar-refractivity contribution in [3.05, 3.63) is 5.70 Å². The Morgan fingerprint density at radius 2 is 2.27 bits per heavy atom. The highest BCUT2D eigenvalue weighted by molar-refractivity contribution is 5.71. The van der Waals surface area contributed by atoms with E-state index in [1.807, 2.05) is 12.2 Å². The van der Waals surface area contributed by atoms with Gasteiger partial charge < -0.3 is 5.11 Å². The zero-order valence-electron chi connectivity index (χ0n) is 6.55. The van der Waals surface area contributed by atoms with E-state index >= 15 is 0 Å². The molecule has 11 heavy (non-hydrogen) atoms. The minimum absolute atomic E-state index is 0.0800. The van der Waals surface area contributed by atoms with Crippen LogP contribution in [-0.2, 0) is 4.79 Å². The Balaban J connectivity index is 4.20. The Morgan fingerprint density at radius 3 is 2.55 bits per heavy atom. The van der Waals surface area contributed by atoms with Crippen LogP contribution in [0.3, 0.4) is 0 Å². The van der Waals surface area contributed by atoms with Gasteiger partial charge in [-0.2, -0.15) is 0 Å². The molecule has 0 aliphatic carbocycles. The maximum Gasteiger partial charge on any atom is 0.409 e. The molecule has 0 aromatic carbocycles. The molecule has 0 aliphatic rings. The molecular weight excluding hydrogens is 146 g/mol. The lowest BCUT2D eigenvalue weighted by Gasteiger charge is -2.08. The molecule has 2 N–H and O–H groups in total. The van der Waals surface area contributed by atoms with Gasteiger partial charge in [0.25, 0.3) is 0 Å². The second-order valence-corrected chi connectivity index (χ2v) is 2.26. The molecule has 0 rings (SSSR count). The van der Waals surface area contributed by atoms with Crippen LogP contribution in [0.5, 0.6) is 0 Å². The van der Waals surface area contributed by atoms with Gasteiger partial charge >= 0.3 is 6.09 Å². The Bertz CT molecular complexity index is 194. The van der Waals surface area contributed by atoms with Crippen LogP contribution in [0.4, 0.5) is 4.79 Å². The summed E-state index contributed by atoms with van der Waals surface area (Å²) < 4.78 is 0. The molecule has 0 fully saturated rings. The maximum atomic E-state index is 10.2. The highest BCUT2D eigenvalue weighted by atomic mass is 16.4. The molecule has 1 amide bonds. The summed E-state index contributed by atoms with van der Waals surface area (Å²) in [5.74, 6) is 1.48. The summed E-state index contributed by atoms with van der Waals surface area (Å²) >= 11 is 0. The topological polar surface area (TPSA) is 66.4 Å². The van der Waals surface area contributed by atoms with E-state index in [-0.39, 0.29) is 11.6 Å². The fourth-order valence-corrected chi connectivity index (χ4v) is 0.569. The van der Waals surface area contributed by atoms with E-state index in [0.717, 1.165) is 0 Å². The first-order valence-corrected chi connectivity index (χ1v) is 3.36. The highest BCUT2D eigenvalue weighted by Gasteiger charge is 2.09. The standard InChI is InChI=1S/C7H11NO3/c1-3-5(2)6(4-9)8-7(10)11/h5,8H,3H2,1-2H3,(H,10,11). The third kappa shape index (κ3) is 3.43. The monoisotopic (exact) mass is 157 g/mol. The minimum atomic E-state index is -1.22. The quantitative estimate of drug-likeness (QED) is 0.601. The number of allylic oxidation sites excluding steroid dienone is 1. The van der Waals surface area contributed by atoms with Gasteiger partial charge in [-0.15, -0.1) is 0 Å². The molecule has 1 atom stereocenters. The number of carboxylic acid groups (broad SMARTS) is 1. The van der Waals surface area contributed by atoms with Crippen LogP contribution in [0.2, 0.25) is 0 Å². The smallest absolute Gasteiger partial charge is 0.409 e. The van der Waals surface area contributed by atoms with E-state index in [0.29, 0.717) is 6.42 Å². The van der Waals surface area contributed by atoms with Crippen molar-refractivity contribution in [3.8, 4) is 0 Å². The number of nitrogens with one attached hydrogen (secondary N) is 1. The zero-order valence-corrected chi connectivity index (χ0v) is 6.55. The molecule has 0 bridgehead atoms. The molecule has 4 heteroatoms. The zero-order chi connectivity index (χ0) is 8.85. The van der Waals surface area contributed by atoms with Gasteiger partial charge in [-0.05, 0) is 6.42 Å². The van der Waals surface area contributed by atoms with Gasteiger partial charge in [0.2, 0.25) is 0 Å². The summed E-state index contributed by atoms with van der Waals surface area (Å²) in [7, 11) is 0. The fourth-order valence-electron chi connectivity index (χ4n) is 0.569. The highest BCUT2D eigenvalue weighted by Crippen LogP contribution is 2.07. The summed E-state index contributed by atoms with van der Waals surface area (Å²) in [4.78, 5) is 20.2. The van der Waals surface area contributed by atoms with Crippen LogP contribution in [0.1, 0.15) is 20.3 Å². The number of amides is 1. The average molecular weight is 157 g/mol. The van der Waals surface area contributed by atoms with E-state index in [2.05, 4.69) is 0 Å². The number of hydrogen-bond acceptors (Lipinski definition) is 2. The largest absolute Gasteiger partial charge is 0.465 e. The molecule has 0 aliphatic heterocycles. The summed E-state index contributed by atoms with van der Waals surface area (Å²) in [6, 6.07) is 0. The molecule has 62 valence electrons. The van der Waals surface area contributed by atoms with Crippen molar-refractivity contribution in [1.82, 2.24) is 5.32 Å². The van der Waals surface area contributed by atoms with Crippen molar-refractivity contribution in [3.63, 3.8) is 0 Å². The first-order valence-electron chi connectivity index (χ1n) is 3.36. The number of carbonyl (C=O) groups excluding carboxylic acids is 1. The molecule has 0 aromatic heterocycles. The van der Waals surface area contributed by atoms with Gasteiger partial charge in [-0.1, -0.05) is 13.8 Å². The number of carbonyl (C=O) groups is 1. The van der Waals surface area contributed by atoms with E-state index in [4.69, 9.17) is 5.11 Å². The SMILES string of the molecule is CCC(C)C(=C=O)NC(=O)O. The number of hydrogen-bond donors (Lipinski definition) is 2. The molecule has 0 heterocycles. The Hall–Kier alpha value is -1.28. The molecule has 1 unspecified atom stereocenters. The molecule has 0 saturated carbocycles. The average Bonchev–Trinajstić information content (AvgIpc) is 1.98. The second-order valence-electron chi connectivity index (χ2n) is 2.26. The Labute approximate surface area is 64.9 Å². The lowest BCUT2D eigenvalue weighted by molar-refractivity contribution is 0.196. The van der Waals surface area contributed by atoms with Crippen molar-refractivity contribution in [2.75, 3.05) is 0 Å². The van der Waals surface area contributed by atoms with Crippen LogP contribution in [0.15, 0.2) is 5.70 Å². The lowest BCUT2D eigenvalue weighted by Crippen LogP contribution is -2.24. The summed E-state index contributed by atoms with van der Waals surface area (Å²) in [6.07, 6.45) is -0.506. The van der Waals surface area contributed by atoms with Gasteiger partial charge in [0.15, 0.2) is 0 Å². The van der Waals surface area contributed by atoms with Gasteiger partial charge in [0, 0.05) is 5.92 Å². The molecule has 4 nitrogen and oxygen atoms in total. The first kappa shape index (κ1) is 9.72. The predicted octanol–water partition coefficient (Wildman–Crippen LogP) is 1.02. The van der Waals surface area contributed by atoms with Crippen LogP contribution in [0.25, 0.3) is 0 Å². The molecule has 0 radical (unpaired) electrons. The first-order chi connectivity index (χ1) is 5.11. The molecule has 0 saturated heterocycles. The van der Waals surface area contributed by atoms with Gasteiger partial charge in [0.05, 0.1) is 0 Å². The van der Waals surface area contributed by atoms with Gasteiger partial charge in [-0.25, -0.2) is 9.59 Å². The van der Waals surface area contributed by atoms with Crippen molar-refractivity contribution in [2.45, 2.75) is 20.3 Å². The number of rotatable bonds is 3. The van der Waals surface area contributed by atoms with Gasteiger partial charge in [-0.3, -0.25) is 5.32 Å². The maximum absolute atomic E-state index is 10.2. The van der Waals surface area contributed by atoms with Crippen LogP contribution < -0.4 is 5.32 Å².